The molecule has 0 spiro atoms. The largest absolute Gasteiger partial charge is 0.507 e. The second-order valence-electron chi connectivity index (χ2n) is 7.51. The Bertz CT molecular complexity index is 978. The van der Waals surface area contributed by atoms with Crippen molar-refractivity contribution in [3.63, 3.8) is 0 Å². The molecule has 29 heavy (non-hydrogen) atoms. The van der Waals surface area contributed by atoms with Crippen LogP contribution in [0.4, 0.5) is 0 Å². The van der Waals surface area contributed by atoms with Crippen LogP contribution in [0.15, 0.2) is 33.7 Å². The van der Waals surface area contributed by atoms with Crippen molar-refractivity contribution in [2.45, 2.75) is 51.0 Å². The molecule has 1 saturated carbocycles. The van der Waals surface area contributed by atoms with Gasteiger partial charge in [-0.1, -0.05) is 6.42 Å². The molecule has 3 N–H and O–H groups in total. The van der Waals surface area contributed by atoms with E-state index in [1.54, 1.807) is 12.1 Å². The second kappa shape index (κ2) is 8.92. The van der Waals surface area contributed by atoms with Gasteiger partial charge in [-0.15, -0.1) is 11.3 Å². The number of phenols is 1. The summed E-state index contributed by atoms with van der Waals surface area (Å²) in [4.78, 5) is 17.3. The van der Waals surface area contributed by atoms with E-state index in [0.29, 0.717) is 6.54 Å². The van der Waals surface area contributed by atoms with Gasteiger partial charge in [0.1, 0.15) is 5.75 Å². The van der Waals surface area contributed by atoms with E-state index in [0.717, 1.165) is 61.2 Å². The number of aromatic hydroxyl groups is 1. The van der Waals surface area contributed by atoms with Crippen LogP contribution in [0, 0.1) is 0 Å². The van der Waals surface area contributed by atoms with Crippen molar-refractivity contribution in [2.24, 2.45) is 15.8 Å². The first-order chi connectivity index (χ1) is 14.1. The van der Waals surface area contributed by atoms with Crippen LogP contribution in [0.25, 0.3) is 11.3 Å². The summed E-state index contributed by atoms with van der Waals surface area (Å²) in [5.41, 5.74) is 8.28. The zero-order valence-corrected chi connectivity index (χ0v) is 17.2. The zero-order chi connectivity index (χ0) is 20.2. The Morgan fingerprint density at radius 3 is 2.83 bits per heavy atom. The van der Waals surface area contributed by atoms with Gasteiger partial charge in [-0.3, -0.25) is 9.79 Å². The number of carbonyl (C=O) groups excluding carboxylic acids is 1. The first-order valence-corrected chi connectivity index (χ1v) is 11.0. The third-order valence-corrected chi connectivity index (χ3v) is 6.22. The zero-order valence-electron chi connectivity index (χ0n) is 16.3. The molecule has 0 bridgehead atoms. The monoisotopic (exact) mass is 414 g/mol. The van der Waals surface area contributed by atoms with Crippen molar-refractivity contribution in [1.82, 2.24) is 4.68 Å². The number of amides is 1. The second-order valence-corrected chi connectivity index (χ2v) is 8.35. The molecule has 1 aromatic carbocycles. The van der Waals surface area contributed by atoms with Gasteiger partial charge in [0.15, 0.2) is 0 Å². The summed E-state index contributed by atoms with van der Waals surface area (Å²) in [6, 6.07) is 4.88. The molecular weight excluding hydrogens is 388 g/mol. The van der Waals surface area contributed by atoms with Gasteiger partial charge in [0.25, 0.3) is 5.91 Å². The lowest BCUT2D eigenvalue weighted by molar-refractivity contribution is 0.0997. The standard InChI is InChI=1S/C21H26N4O3S/c22-20(27)17-11-14(8-9-19(17)26)18-13-29-21(23-12-16-7-4-10-28-16)25(18)24-15-5-2-1-3-6-15/h8-9,11,13,16,26H,1-7,10,12H2,(H2,22,27)/t16-/m1/s1. The summed E-state index contributed by atoms with van der Waals surface area (Å²) < 4.78 is 7.57. The minimum absolute atomic E-state index is 0.100. The molecule has 1 atom stereocenters. The Hall–Kier alpha value is -2.45. The number of ether oxygens (including phenoxy) is 1. The summed E-state index contributed by atoms with van der Waals surface area (Å²) in [6.07, 6.45) is 7.85. The van der Waals surface area contributed by atoms with E-state index in [4.69, 9.17) is 20.6 Å². The van der Waals surface area contributed by atoms with Gasteiger partial charge in [0.05, 0.1) is 23.9 Å². The molecule has 1 amide bonds. The third-order valence-electron chi connectivity index (χ3n) is 5.37. The van der Waals surface area contributed by atoms with Gasteiger partial charge in [-0.05, 0) is 56.7 Å². The molecule has 1 saturated heterocycles. The number of nitrogens with two attached hydrogens (primary N) is 1. The van der Waals surface area contributed by atoms with Gasteiger partial charge >= 0.3 is 0 Å². The molecule has 1 aromatic heterocycles. The number of thiazole rings is 1. The average Bonchev–Trinajstić information content (AvgIpc) is 3.37. The lowest BCUT2D eigenvalue weighted by Gasteiger charge is -2.13. The van der Waals surface area contributed by atoms with Crippen LogP contribution in [0.3, 0.4) is 0 Å². The van der Waals surface area contributed by atoms with Crippen molar-refractivity contribution in [3.05, 3.63) is 33.9 Å². The molecule has 4 rings (SSSR count). The predicted molar refractivity (Wildman–Crippen MR) is 113 cm³/mol. The van der Waals surface area contributed by atoms with Crippen molar-refractivity contribution < 1.29 is 14.6 Å². The SMILES string of the molecule is NC(=O)c1cc(-c2csc(=NC[C@H]3CCCO3)n2N=C2CCCCC2)ccc1O. The first kappa shape index (κ1) is 19.8. The predicted octanol–water partition coefficient (Wildman–Crippen LogP) is 3.27. The van der Waals surface area contributed by atoms with Crippen molar-refractivity contribution in [3.8, 4) is 17.0 Å². The van der Waals surface area contributed by atoms with Crippen LogP contribution in [0.1, 0.15) is 55.3 Å². The third kappa shape index (κ3) is 4.59. The summed E-state index contributed by atoms with van der Waals surface area (Å²) in [5.74, 6) is -0.780. The highest BCUT2D eigenvalue weighted by Crippen LogP contribution is 2.27. The van der Waals surface area contributed by atoms with E-state index in [1.165, 1.54) is 29.5 Å². The highest BCUT2D eigenvalue weighted by molar-refractivity contribution is 7.07. The van der Waals surface area contributed by atoms with Crippen LogP contribution < -0.4 is 10.5 Å². The highest BCUT2D eigenvalue weighted by atomic mass is 32.1. The Morgan fingerprint density at radius 2 is 2.10 bits per heavy atom. The molecule has 1 aliphatic heterocycles. The van der Waals surface area contributed by atoms with Gasteiger partial charge in [0, 0.05) is 23.3 Å². The maximum Gasteiger partial charge on any atom is 0.252 e. The first-order valence-electron chi connectivity index (χ1n) is 10.1. The normalized spacial score (nSPS) is 20.2. The number of carbonyl (C=O) groups is 1. The fourth-order valence-electron chi connectivity index (χ4n) is 3.76. The van der Waals surface area contributed by atoms with Gasteiger partial charge in [-0.2, -0.15) is 5.10 Å². The number of rotatable bonds is 5. The summed E-state index contributed by atoms with van der Waals surface area (Å²) in [5, 5.41) is 16.8. The van der Waals surface area contributed by atoms with Gasteiger partial charge in [0.2, 0.25) is 4.80 Å². The summed E-state index contributed by atoms with van der Waals surface area (Å²) in [6.45, 7) is 1.43. The van der Waals surface area contributed by atoms with Gasteiger partial charge in [-0.25, -0.2) is 4.68 Å². The van der Waals surface area contributed by atoms with E-state index in [9.17, 15) is 9.90 Å². The maximum atomic E-state index is 11.7. The fourth-order valence-corrected chi connectivity index (χ4v) is 4.61. The molecule has 2 heterocycles. The topological polar surface area (TPSA) is 102 Å². The molecule has 1 aliphatic carbocycles. The summed E-state index contributed by atoms with van der Waals surface area (Å²) in [7, 11) is 0. The molecule has 2 aliphatic rings. The Labute approximate surface area is 173 Å². The van der Waals surface area contributed by atoms with Crippen LogP contribution in [-0.2, 0) is 4.74 Å². The molecule has 154 valence electrons. The number of primary amides is 1. The van der Waals surface area contributed by atoms with Crippen LogP contribution in [0.5, 0.6) is 5.75 Å². The Balaban J connectivity index is 1.76. The lowest BCUT2D eigenvalue weighted by Crippen LogP contribution is -2.19. The molecule has 2 fully saturated rings. The maximum absolute atomic E-state index is 11.7. The highest BCUT2D eigenvalue weighted by Gasteiger charge is 2.17. The number of hydrogen-bond acceptors (Lipinski definition) is 6. The van der Waals surface area contributed by atoms with E-state index in [-0.39, 0.29) is 17.4 Å². The van der Waals surface area contributed by atoms with E-state index >= 15 is 0 Å². The number of aromatic nitrogens is 1. The van der Waals surface area contributed by atoms with Crippen molar-refractivity contribution >= 4 is 23.0 Å². The Morgan fingerprint density at radius 1 is 1.28 bits per heavy atom. The van der Waals surface area contributed by atoms with Crippen LogP contribution in [-0.4, -0.2) is 40.7 Å². The van der Waals surface area contributed by atoms with Crippen LogP contribution >= 0.6 is 11.3 Å². The fraction of sp³-hybridized carbons (Fsp3) is 0.476. The molecular formula is C21H26N4O3S. The van der Waals surface area contributed by atoms with Gasteiger partial charge < -0.3 is 15.6 Å². The van der Waals surface area contributed by atoms with Crippen molar-refractivity contribution in [1.29, 1.82) is 0 Å². The van der Waals surface area contributed by atoms with E-state index < -0.39 is 5.91 Å². The Kier molecular flexibility index (Phi) is 6.10. The molecule has 8 heteroatoms. The smallest absolute Gasteiger partial charge is 0.252 e. The van der Waals surface area contributed by atoms with Crippen LogP contribution in [0.2, 0.25) is 0 Å². The van der Waals surface area contributed by atoms with E-state index in [2.05, 4.69) is 0 Å². The molecule has 0 radical (unpaired) electrons. The van der Waals surface area contributed by atoms with Crippen molar-refractivity contribution in [2.75, 3.05) is 13.2 Å². The minimum atomic E-state index is -0.659. The molecule has 0 unspecified atom stereocenters. The molecule has 2 aromatic rings. The summed E-state index contributed by atoms with van der Waals surface area (Å²) >= 11 is 1.52. The molecule has 7 nitrogen and oxygen atoms in total. The quantitative estimate of drug-likeness (QED) is 0.785. The lowest BCUT2D eigenvalue weighted by atomic mass is 9.99. The number of benzene rings is 1. The number of nitrogens with zero attached hydrogens (tertiary/aromatic N) is 3. The average molecular weight is 415 g/mol. The number of hydrogen-bond donors (Lipinski definition) is 2. The van der Waals surface area contributed by atoms with E-state index in [1.807, 2.05) is 10.1 Å². The minimum Gasteiger partial charge on any atom is -0.507 e.